The first-order chi connectivity index (χ1) is 10.2. The van der Waals surface area contributed by atoms with Crippen LogP contribution in [0, 0.1) is 0 Å². The van der Waals surface area contributed by atoms with Crippen LogP contribution in [-0.4, -0.2) is 20.5 Å². The van der Waals surface area contributed by atoms with Gasteiger partial charge >= 0.3 is 0 Å². The Kier molecular flexibility index (Phi) is 5.67. The quantitative estimate of drug-likeness (QED) is 0.769. The fraction of sp³-hybridized carbons (Fsp3) is 0.438. The van der Waals surface area contributed by atoms with E-state index < -0.39 is 0 Å². The molecule has 0 amide bonds. The fourth-order valence-corrected chi connectivity index (χ4v) is 3.00. The number of rotatable bonds is 7. The van der Waals surface area contributed by atoms with E-state index in [0.717, 1.165) is 40.8 Å². The highest BCUT2D eigenvalue weighted by Gasteiger charge is 2.16. The number of nitrogens with zero attached hydrogens (tertiary/aromatic N) is 3. The summed E-state index contributed by atoms with van der Waals surface area (Å²) in [6.07, 6.45) is 6.13. The van der Waals surface area contributed by atoms with E-state index in [2.05, 4.69) is 32.9 Å². The lowest BCUT2D eigenvalue weighted by molar-refractivity contribution is -0.118. The minimum Gasteiger partial charge on any atom is -0.299 e. The Morgan fingerprint density at radius 2 is 2.19 bits per heavy atom. The van der Waals surface area contributed by atoms with E-state index in [1.807, 2.05) is 29.9 Å². The van der Waals surface area contributed by atoms with Gasteiger partial charge in [0.2, 0.25) is 0 Å². The van der Waals surface area contributed by atoms with Crippen LogP contribution < -0.4 is 0 Å². The van der Waals surface area contributed by atoms with Crippen molar-refractivity contribution in [3.05, 3.63) is 46.0 Å². The molecule has 21 heavy (non-hydrogen) atoms. The Labute approximate surface area is 133 Å². The largest absolute Gasteiger partial charge is 0.299 e. The van der Waals surface area contributed by atoms with E-state index >= 15 is 0 Å². The summed E-state index contributed by atoms with van der Waals surface area (Å²) in [6.45, 7) is 4.90. The van der Waals surface area contributed by atoms with Crippen LogP contribution in [-0.2, 0) is 30.6 Å². The minimum absolute atomic E-state index is 0.233. The van der Waals surface area contributed by atoms with Gasteiger partial charge in [-0.3, -0.25) is 14.5 Å². The molecule has 0 aliphatic rings. The maximum atomic E-state index is 12.2. The molecule has 0 aromatic carbocycles. The summed E-state index contributed by atoms with van der Waals surface area (Å²) >= 11 is 3.58. The van der Waals surface area contributed by atoms with Gasteiger partial charge in [0.25, 0.3) is 0 Å². The zero-order valence-electron chi connectivity index (χ0n) is 12.5. The van der Waals surface area contributed by atoms with Crippen LogP contribution in [0.15, 0.2) is 29.0 Å². The maximum Gasteiger partial charge on any atom is 0.139 e. The van der Waals surface area contributed by atoms with Gasteiger partial charge in [-0.25, -0.2) is 0 Å². The zero-order valence-corrected chi connectivity index (χ0v) is 14.1. The summed E-state index contributed by atoms with van der Waals surface area (Å²) in [6, 6.07) is 3.90. The summed E-state index contributed by atoms with van der Waals surface area (Å²) in [5, 5.41) is 4.53. The van der Waals surface area contributed by atoms with Crippen molar-refractivity contribution in [1.29, 1.82) is 0 Å². The van der Waals surface area contributed by atoms with Gasteiger partial charge in [0.05, 0.1) is 15.9 Å². The van der Waals surface area contributed by atoms with Gasteiger partial charge in [-0.15, -0.1) is 0 Å². The van der Waals surface area contributed by atoms with Crippen LogP contribution in [0.3, 0.4) is 0 Å². The van der Waals surface area contributed by atoms with E-state index in [4.69, 9.17) is 0 Å². The number of hydrogen-bond acceptors (Lipinski definition) is 3. The van der Waals surface area contributed by atoms with Crippen molar-refractivity contribution in [3.8, 4) is 0 Å². The van der Waals surface area contributed by atoms with Crippen LogP contribution in [0.1, 0.15) is 37.2 Å². The third kappa shape index (κ3) is 4.00. The van der Waals surface area contributed by atoms with E-state index in [9.17, 15) is 4.79 Å². The molecule has 112 valence electrons. The number of aryl methyl sites for hydroxylation is 3. The molecule has 0 aliphatic carbocycles. The van der Waals surface area contributed by atoms with E-state index in [1.165, 1.54) is 0 Å². The number of ketones is 1. The van der Waals surface area contributed by atoms with Gasteiger partial charge in [-0.1, -0.05) is 13.0 Å². The van der Waals surface area contributed by atoms with E-state index in [-0.39, 0.29) is 5.78 Å². The molecule has 2 heterocycles. The lowest BCUT2D eigenvalue weighted by Crippen LogP contribution is -2.10. The molecule has 4 nitrogen and oxygen atoms in total. The molecule has 0 spiro atoms. The Balaban J connectivity index is 2.01. The summed E-state index contributed by atoms with van der Waals surface area (Å²) in [5.74, 6) is 0.233. The SMILES string of the molecule is CCc1nn(CC)c(CC(=O)CCc2cccnc2)c1Br. The van der Waals surface area contributed by atoms with Gasteiger partial charge in [0.1, 0.15) is 5.78 Å². The summed E-state index contributed by atoms with van der Waals surface area (Å²) in [5.41, 5.74) is 3.11. The van der Waals surface area contributed by atoms with Crippen molar-refractivity contribution in [2.24, 2.45) is 0 Å². The Hall–Kier alpha value is -1.49. The van der Waals surface area contributed by atoms with E-state index in [0.29, 0.717) is 12.8 Å². The number of aromatic nitrogens is 3. The highest BCUT2D eigenvalue weighted by molar-refractivity contribution is 9.10. The number of carbonyl (C=O) groups excluding carboxylic acids is 1. The second kappa shape index (κ2) is 7.50. The van der Waals surface area contributed by atoms with E-state index in [1.54, 1.807) is 6.20 Å². The van der Waals surface area contributed by atoms with Gasteiger partial charge in [0, 0.05) is 31.8 Å². The Morgan fingerprint density at radius 3 is 2.81 bits per heavy atom. The summed E-state index contributed by atoms with van der Waals surface area (Å²) < 4.78 is 2.91. The topological polar surface area (TPSA) is 47.8 Å². The van der Waals surface area contributed by atoms with Crippen molar-refractivity contribution < 1.29 is 4.79 Å². The standard InChI is InChI=1S/C16H20BrN3O/c1-3-14-16(17)15(20(4-2)19-14)10-13(21)8-7-12-6-5-9-18-11-12/h5-6,9,11H,3-4,7-8,10H2,1-2H3. The molecular formula is C16H20BrN3O. The predicted octanol–water partition coefficient (Wildman–Crippen LogP) is 3.37. The van der Waals surface area contributed by atoms with Crippen LogP contribution in [0.4, 0.5) is 0 Å². The maximum absolute atomic E-state index is 12.2. The monoisotopic (exact) mass is 349 g/mol. The van der Waals surface area contributed by atoms with Crippen molar-refractivity contribution in [2.75, 3.05) is 0 Å². The molecule has 0 atom stereocenters. The average Bonchev–Trinajstić information content (AvgIpc) is 2.82. The summed E-state index contributed by atoms with van der Waals surface area (Å²) in [7, 11) is 0. The molecular weight excluding hydrogens is 330 g/mol. The molecule has 0 N–H and O–H groups in total. The molecule has 0 bridgehead atoms. The van der Waals surface area contributed by atoms with Crippen molar-refractivity contribution >= 4 is 21.7 Å². The average molecular weight is 350 g/mol. The number of Topliss-reactive ketones (excluding diaryl/α,β-unsaturated/α-hetero) is 1. The highest BCUT2D eigenvalue weighted by atomic mass is 79.9. The smallest absolute Gasteiger partial charge is 0.139 e. The third-order valence-corrected chi connectivity index (χ3v) is 4.39. The Bertz CT molecular complexity index is 607. The predicted molar refractivity (Wildman–Crippen MR) is 86.2 cm³/mol. The molecule has 0 saturated heterocycles. The lowest BCUT2D eigenvalue weighted by Gasteiger charge is -2.05. The first-order valence-electron chi connectivity index (χ1n) is 7.30. The molecule has 0 saturated carbocycles. The number of hydrogen-bond donors (Lipinski definition) is 0. The molecule has 0 unspecified atom stereocenters. The lowest BCUT2D eigenvalue weighted by atomic mass is 10.1. The molecule has 0 radical (unpaired) electrons. The number of carbonyl (C=O) groups is 1. The third-order valence-electron chi connectivity index (χ3n) is 3.47. The van der Waals surface area contributed by atoms with Crippen molar-refractivity contribution in [3.63, 3.8) is 0 Å². The van der Waals surface area contributed by atoms with Crippen LogP contribution in [0.2, 0.25) is 0 Å². The van der Waals surface area contributed by atoms with Gasteiger partial charge in [-0.05, 0) is 47.3 Å². The zero-order chi connectivity index (χ0) is 15.2. The van der Waals surface area contributed by atoms with Gasteiger partial charge in [-0.2, -0.15) is 5.10 Å². The van der Waals surface area contributed by atoms with Gasteiger partial charge < -0.3 is 0 Å². The highest BCUT2D eigenvalue weighted by Crippen LogP contribution is 2.23. The second-order valence-electron chi connectivity index (χ2n) is 4.95. The molecule has 0 fully saturated rings. The fourth-order valence-electron chi connectivity index (χ4n) is 2.29. The number of halogens is 1. The molecule has 2 rings (SSSR count). The van der Waals surface area contributed by atoms with Crippen LogP contribution in [0.25, 0.3) is 0 Å². The van der Waals surface area contributed by atoms with Crippen LogP contribution >= 0.6 is 15.9 Å². The molecule has 0 aliphatic heterocycles. The molecule has 2 aromatic rings. The second-order valence-corrected chi connectivity index (χ2v) is 5.75. The minimum atomic E-state index is 0.233. The molecule has 2 aromatic heterocycles. The normalized spacial score (nSPS) is 10.8. The van der Waals surface area contributed by atoms with Crippen molar-refractivity contribution in [2.45, 2.75) is 46.1 Å². The van der Waals surface area contributed by atoms with Gasteiger partial charge in [0.15, 0.2) is 0 Å². The first kappa shape index (κ1) is 15.9. The number of pyridine rings is 1. The first-order valence-corrected chi connectivity index (χ1v) is 8.09. The van der Waals surface area contributed by atoms with Crippen LogP contribution in [0.5, 0.6) is 0 Å². The summed E-state index contributed by atoms with van der Waals surface area (Å²) in [4.78, 5) is 16.3. The Morgan fingerprint density at radius 1 is 1.38 bits per heavy atom. The van der Waals surface area contributed by atoms with Crippen molar-refractivity contribution in [1.82, 2.24) is 14.8 Å². The molecule has 5 heteroatoms.